The van der Waals surface area contributed by atoms with Gasteiger partial charge in [0, 0.05) is 0 Å². The summed E-state index contributed by atoms with van der Waals surface area (Å²) < 4.78 is 4.80. The smallest absolute Gasteiger partial charge is 0.292 e. The molecule has 0 fully saturated rings. The number of unbranched alkanes of at least 4 members (excludes halogenated alkanes) is 1. The minimum atomic E-state index is -0.449. The molecule has 4 N–H and O–H groups in total. The third-order valence-corrected chi connectivity index (χ3v) is 3.94. The van der Waals surface area contributed by atoms with Crippen molar-refractivity contribution in [3.8, 4) is 0 Å². The Bertz CT molecular complexity index is 781. The highest BCUT2D eigenvalue weighted by Crippen LogP contribution is 2.27. The summed E-state index contributed by atoms with van der Waals surface area (Å²) in [5, 5.41) is 6.16. The zero-order chi connectivity index (χ0) is 22.2. The van der Waals surface area contributed by atoms with Crippen LogP contribution in [0, 0.1) is 0 Å². The lowest BCUT2D eigenvalue weighted by Gasteiger charge is -2.09. The van der Waals surface area contributed by atoms with Crippen LogP contribution in [0.4, 0.5) is 11.7 Å². The van der Waals surface area contributed by atoms with Crippen LogP contribution in [-0.2, 0) is 0 Å². The van der Waals surface area contributed by atoms with Gasteiger partial charge in [-0.25, -0.2) is 0 Å². The highest BCUT2D eigenvalue weighted by molar-refractivity contribution is 6.34. The van der Waals surface area contributed by atoms with Crippen molar-refractivity contribution in [3.05, 3.63) is 59.5 Å². The SMILES string of the molecule is C=C/C(=C\C)c1ccc(Cl)c(NC(=O)c2coc(N)n2)c1.CC.CCCCNC. The summed E-state index contributed by atoms with van der Waals surface area (Å²) in [5.74, 6) is -0.449. The van der Waals surface area contributed by atoms with E-state index in [1.807, 2.05) is 40.0 Å². The fraction of sp³-hybridized carbons (Fsp3) is 0.364. The minimum Gasteiger partial charge on any atom is -0.431 e. The summed E-state index contributed by atoms with van der Waals surface area (Å²) in [5.41, 5.74) is 7.73. The standard InChI is InChI=1S/C15H14ClN3O2.C5H13N.C2H6/c1-3-9(4-2)10-5-6-11(16)12(7-10)18-14(20)13-8-21-15(17)19-13;1-3-4-5-6-2;1-2/h3-8H,1H2,2H3,(H2,17,19)(H,18,20);6H,3-5H2,1-2H3;1-2H3/b9-4+;;. The molecule has 0 aliphatic heterocycles. The third kappa shape index (κ3) is 9.45. The van der Waals surface area contributed by atoms with E-state index in [0.717, 1.165) is 17.7 Å². The fourth-order valence-corrected chi connectivity index (χ4v) is 2.30. The molecule has 1 aromatic carbocycles. The minimum absolute atomic E-state index is 0.0668. The number of benzene rings is 1. The van der Waals surface area contributed by atoms with Gasteiger partial charge in [-0.3, -0.25) is 4.79 Å². The molecule has 2 rings (SSSR count). The van der Waals surface area contributed by atoms with Crippen molar-refractivity contribution in [1.29, 1.82) is 0 Å². The van der Waals surface area contributed by atoms with Gasteiger partial charge in [0.1, 0.15) is 6.26 Å². The number of oxazole rings is 1. The van der Waals surface area contributed by atoms with Crippen LogP contribution < -0.4 is 16.4 Å². The molecule has 160 valence electrons. The Kier molecular flexibility index (Phi) is 14.0. The van der Waals surface area contributed by atoms with E-state index in [9.17, 15) is 4.79 Å². The van der Waals surface area contributed by atoms with E-state index >= 15 is 0 Å². The molecule has 0 spiro atoms. The first kappa shape index (κ1) is 26.4. The van der Waals surface area contributed by atoms with E-state index < -0.39 is 5.91 Å². The van der Waals surface area contributed by atoms with Crippen molar-refractivity contribution in [1.82, 2.24) is 10.3 Å². The lowest BCUT2D eigenvalue weighted by atomic mass is 10.1. The molecule has 2 aromatic rings. The normalized spacial score (nSPS) is 10.2. The van der Waals surface area contributed by atoms with Crippen LogP contribution in [0.3, 0.4) is 0 Å². The molecule has 0 atom stereocenters. The molecule has 1 aromatic heterocycles. The van der Waals surface area contributed by atoms with E-state index in [4.69, 9.17) is 21.8 Å². The third-order valence-electron chi connectivity index (χ3n) is 3.61. The van der Waals surface area contributed by atoms with Crippen molar-refractivity contribution < 1.29 is 9.21 Å². The average molecular weight is 421 g/mol. The second kappa shape index (κ2) is 15.4. The number of hydrogen-bond donors (Lipinski definition) is 3. The molecule has 7 heteroatoms. The van der Waals surface area contributed by atoms with Crippen LogP contribution in [0.2, 0.25) is 5.02 Å². The summed E-state index contributed by atoms with van der Waals surface area (Å²) in [6, 6.07) is 5.25. The number of carbonyl (C=O) groups excluding carboxylic acids is 1. The predicted molar refractivity (Wildman–Crippen MR) is 124 cm³/mol. The maximum absolute atomic E-state index is 12.0. The Labute approximate surface area is 179 Å². The van der Waals surface area contributed by atoms with Crippen LogP contribution in [0.25, 0.3) is 5.57 Å². The predicted octanol–water partition coefficient (Wildman–Crippen LogP) is 5.78. The molecule has 6 nitrogen and oxygen atoms in total. The Hall–Kier alpha value is -2.57. The maximum Gasteiger partial charge on any atom is 0.292 e. The molecule has 1 amide bonds. The molecule has 29 heavy (non-hydrogen) atoms. The van der Waals surface area contributed by atoms with Gasteiger partial charge in [0.05, 0.1) is 10.7 Å². The van der Waals surface area contributed by atoms with Crippen LogP contribution in [-0.4, -0.2) is 24.5 Å². The summed E-state index contributed by atoms with van der Waals surface area (Å²) in [7, 11) is 1.98. The first-order valence-electron chi connectivity index (χ1n) is 9.72. The second-order valence-electron chi connectivity index (χ2n) is 5.62. The number of anilines is 2. The van der Waals surface area contributed by atoms with E-state index in [1.165, 1.54) is 19.1 Å². The fourth-order valence-electron chi connectivity index (χ4n) is 2.13. The lowest BCUT2D eigenvalue weighted by molar-refractivity contribution is 0.102. The van der Waals surface area contributed by atoms with Crippen LogP contribution >= 0.6 is 11.6 Å². The van der Waals surface area contributed by atoms with Gasteiger partial charge in [-0.15, -0.1) is 0 Å². The molecule has 1 heterocycles. The van der Waals surface area contributed by atoms with Crippen LogP contribution in [0.1, 0.15) is 56.6 Å². The zero-order valence-electron chi connectivity index (χ0n) is 18.0. The number of hydrogen-bond acceptors (Lipinski definition) is 5. The van der Waals surface area contributed by atoms with Crippen molar-refractivity contribution in [2.75, 3.05) is 24.6 Å². The van der Waals surface area contributed by atoms with Gasteiger partial charge in [0.2, 0.25) is 0 Å². The van der Waals surface area contributed by atoms with Crippen molar-refractivity contribution in [2.45, 2.75) is 40.5 Å². The quantitative estimate of drug-likeness (QED) is 0.389. The summed E-state index contributed by atoms with van der Waals surface area (Å²) >= 11 is 6.10. The largest absolute Gasteiger partial charge is 0.431 e. The summed E-state index contributed by atoms with van der Waals surface area (Å²) in [6.45, 7) is 13.0. The summed E-state index contributed by atoms with van der Waals surface area (Å²) in [6.07, 6.45) is 7.42. The monoisotopic (exact) mass is 420 g/mol. The molecule has 0 saturated carbocycles. The number of nitrogens with one attached hydrogen (secondary N) is 2. The summed E-state index contributed by atoms with van der Waals surface area (Å²) in [4.78, 5) is 15.8. The number of allylic oxidation sites excluding steroid dienone is 3. The lowest BCUT2D eigenvalue weighted by Crippen LogP contribution is -2.13. The molecular weight excluding hydrogens is 388 g/mol. The number of aromatic nitrogens is 1. The topological polar surface area (TPSA) is 93.2 Å². The molecular formula is C22H33ClN4O2. The van der Waals surface area contributed by atoms with Gasteiger partial charge >= 0.3 is 0 Å². The number of carbonyl (C=O) groups is 1. The highest BCUT2D eigenvalue weighted by Gasteiger charge is 2.13. The van der Waals surface area contributed by atoms with E-state index in [1.54, 1.807) is 18.2 Å². The van der Waals surface area contributed by atoms with E-state index in [-0.39, 0.29) is 11.7 Å². The van der Waals surface area contributed by atoms with Gasteiger partial charge in [0.15, 0.2) is 5.69 Å². The number of rotatable bonds is 7. The van der Waals surface area contributed by atoms with Gasteiger partial charge in [-0.1, -0.05) is 63.6 Å². The van der Waals surface area contributed by atoms with Crippen molar-refractivity contribution in [3.63, 3.8) is 0 Å². The number of nitrogens with zero attached hydrogens (tertiary/aromatic N) is 1. The Balaban J connectivity index is 0.000000841. The maximum atomic E-state index is 12.0. The molecule has 0 saturated heterocycles. The molecule has 0 radical (unpaired) electrons. The molecule has 0 unspecified atom stereocenters. The Morgan fingerprint density at radius 3 is 2.52 bits per heavy atom. The van der Waals surface area contributed by atoms with Gasteiger partial charge < -0.3 is 20.8 Å². The first-order chi connectivity index (χ1) is 14.0. The van der Waals surface area contributed by atoms with Crippen LogP contribution in [0.5, 0.6) is 0 Å². The van der Waals surface area contributed by atoms with Gasteiger partial charge in [0.25, 0.3) is 11.9 Å². The molecule has 0 aliphatic carbocycles. The number of amides is 1. The Morgan fingerprint density at radius 1 is 1.38 bits per heavy atom. The molecule has 0 bridgehead atoms. The van der Waals surface area contributed by atoms with Crippen LogP contribution in [0.15, 0.2) is 47.6 Å². The molecule has 0 aliphatic rings. The van der Waals surface area contributed by atoms with Crippen molar-refractivity contribution in [2.24, 2.45) is 0 Å². The second-order valence-corrected chi connectivity index (χ2v) is 6.03. The number of halogens is 1. The van der Waals surface area contributed by atoms with Gasteiger partial charge in [-0.2, -0.15) is 4.98 Å². The van der Waals surface area contributed by atoms with E-state index in [2.05, 4.69) is 29.1 Å². The zero-order valence-corrected chi connectivity index (χ0v) is 18.8. The highest BCUT2D eigenvalue weighted by atomic mass is 35.5. The van der Waals surface area contributed by atoms with Gasteiger partial charge in [-0.05, 0) is 50.2 Å². The number of nitrogens with two attached hydrogens (primary N) is 1. The average Bonchev–Trinajstić information content (AvgIpc) is 3.18. The van der Waals surface area contributed by atoms with E-state index in [0.29, 0.717) is 10.7 Å². The van der Waals surface area contributed by atoms with Crippen molar-refractivity contribution >= 4 is 34.8 Å². The number of nitrogen functional groups attached to an aromatic ring is 1. The Morgan fingerprint density at radius 2 is 2.07 bits per heavy atom. The first-order valence-corrected chi connectivity index (χ1v) is 10.1.